The SMILES string of the molecule is CNC(=O)C(c1c(C)nn(CCCl)c1C)N(CCNc1cccc2c1C(=O)N(C1CCC(=O)NC1=O)C2=O)C(=O)C1=CCOC1.O=C(O)C(F)(F)F. The number of likely N-dealkylation sites (N-methyl/N-ethyl adjacent to an activating group) is 1. The number of aromatic nitrogens is 2. The first-order chi connectivity index (χ1) is 24.5. The van der Waals surface area contributed by atoms with Crippen LogP contribution >= 0.6 is 11.6 Å². The summed E-state index contributed by atoms with van der Waals surface area (Å²) in [6, 6.07) is 2.59. The lowest BCUT2D eigenvalue weighted by Gasteiger charge is -2.32. The second-order valence-electron chi connectivity index (χ2n) is 11.7. The first-order valence-electron chi connectivity index (χ1n) is 15.8. The number of nitrogens with one attached hydrogen (secondary N) is 3. The molecule has 4 heterocycles. The number of aryl methyl sites for hydroxylation is 2. The third-order valence-corrected chi connectivity index (χ3v) is 8.60. The Morgan fingerprint density at radius 2 is 1.87 bits per heavy atom. The molecule has 4 N–H and O–H groups in total. The minimum absolute atomic E-state index is 0.0104. The molecule has 16 nitrogen and oxygen atoms in total. The van der Waals surface area contributed by atoms with Crippen LogP contribution in [-0.2, 0) is 35.3 Å². The molecule has 0 aliphatic carbocycles. The van der Waals surface area contributed by atoms with Gasteiger partial charge in [0.05, 0.1) is 36.6 Å². The summed E-state index contributed by atoms with van der Waals surface area (Å²) in [6.07, 6.45) is -3.36. The Morgan fingerprint density at radius 1 is 1.17 bits per heavy atom. The van der Waals surface area contributed by atoms with Crippen molar-refractivity contribution < 1.29 is 56.6 Å². The fraction of sp³-hybridized carbons (Fsp3) is 0.438. The van der Waals surface area contributed by atoms with Crippen LogP contribution in [0.2, 0.25) is 0 Å². The number of hydrogen-bond donors (Lipinski definition) is 4. The number of benzene rings is 1. The number of nitrogens with zero attached hydrogens (tertiary/aromatic N) is 4. The number of carbonyl (C=O) groups is 7. The number of halogens is 4. The average Bonchev–Trinajstić information content (AvgIpc) is 3.79. The molecule has 0 radical (unpaired) electrons. The van der Waals surface area contributed by atoms with E-state index in [4.69, 9.17) is 26.2 Å². The highest BCUT2D eigenvalue weighted by Crippen LogP contribution is 2.33. The molecule has 5 rings (SSSR count). The summed E-state index contributed by atoms with van der Waals surface area (Å²) in [5, 5.41) is 19.7. The van der Waals surface area contributed by atoms with Crippen molar-refractivity contribution in [1.82, 2.24) is 30.2 Å². The molecular weight excluding hydrogens is 719 g/mol. The summed E-state index contributed by atoms with van der Waals surface area (Å²) >= 11 is 5.97. The number of hydrogen-bond acceptors (Lipinski definition) is 10. The van der Waals surface area contributed by atoms with Gasteiger partial charge in [-0.3, -0.25) is 43.7 Å². The van der Waals surface area contributed by atoms with Crippen molar-refractivity contribution in [2.75, 3.05) is 44.5 Å². The Labute approximate surface area is 299 Å². The smallest absolute Gasteiger partial charge is 0.475 e. The number of alkyl halides is 4. The molecule has 3 aliphatic rings. The minimum Gasteiger partial charge on any atom is -0.475 e. The molecular formula is C32H35ClF3N7O9. The van der Waals surface area contributed by atoms with Gasteiger partial charge in [0, 0.05) is 55.0 Å². The van der Waals surface area contributed by atoms with E-state index in [0.29, 0.717) is 40.6 Å². The summed E-state index contributed by atoms with van der Waals surface area (Å²) in [7, 11) is 1.49. The van der Waals surface area contributed by atoms with E-state index in [1.807, 2.05) is 6.92 Å². The van der Waals surface area contributed by atoms with Crippen molar-refractivity contribution in [1.29, 1.82) is 0 Å². The predicted octanol–water partition coefficient (Wildman–Crippen LogP) is 1.46. The fourth-order valence-electron chi connectivity index (χ4n) is 6.01. The van der Waals surface area contributed by atoms with Crippen molar-refractivity contribution in [3.8, 4) is 0 Å². The summed E-state index contributed by atoms with van der Waals surface area (Å²) < 4.78 is 38.8. The second-order valence-corrected chi connectivity index (χ2v) is 12.0. The molecule has 20 heteroatoms. The number of ether oxygens (including phenoxy) is 1. The molecule has 52 heavy (non-hydrogen) atoms. The van der Waals surface area contributed by atoms with Crippen LogP contribution in [0, 0.1) is 13.8 Å². The standard InChI is InChI=1S/C30H34ClN7O7.C2HF3O2/c1-16-23(17(2)37(35-16)12-10-31)25(27(41)32-3)36(28(42)18-9-14-45-15-18)13-11-33-20-6-4-5-19-24(20)30(44)38(29(19)43)21-7-8-22(39)34-26(21)40;3-2(4,5)1(6)7/h4-6,9,21,25,33H,7-8,10-15H2,1-3H3,(H,32,41)(H,34,39,40);(H,6,7). The van der Waals surface area contributed by atoms with Crippen LogP contribution in [0.5, 0.6) is 0 Å². The Kier molecular flexibility index (Phi) is 12.4. The van der Waals surface area contributed by atoms with E-state index in [2.05, 4.69) is 21.0 Å². The van der Waals surface area contributed by atoms with Crippen LogP contribution in [0.1, 0.15) is 56.6 Å². The number of rotatable bonds is 11. The maximum atomic E-state index is 13.9. The van der Waals surface area contributed by atoms with Crippen molar-refractivity contribution in [3.05, 3.63) is 57.9 Å². The molecule has 0 saturated carbocycles. The van der Waals surface area contributed by atoms with E-state index in [9.17, 15) is 41.9 Å². The maximum Gasteiger partial charge on any atom is 0.490 e. The van der Waals surface area contributed by atoms with Crippen molar-refractivity contribution in [2.45, 2.75) is 51.5 Å². The van der Waals surface area contributed by atoms with Crippen LogP contribution in [0.25, 0.3) is 0 Å². The molecule has 1 saturated heterocycles. The van der Waals surface area contributed by atoms with Crippen molar-refractivity contribution >= 4 is 58.7 Å². The monoisotopic (exact) mass is 753 g/mol. The summed E-state index contributed by atoms with van der Waals surface area (Å²) in [6.45, 7) is 4.51. The van der Waals surface area contributed by atoms with E-state index >= 15 is 0 Å². The molecule has 2 atom stereocenters. The van der Waals surface area contributed by atoms with Crippen LogP contribution in [-0.4, -0.2) is 118 Å². The number of aliphatic carboxylic acids is 1. The quantitative estimate of drug-likeness (QED) is 0.191. The molecule has 6 amide bonds. The largest absolute Gasteiger partial charge is 0.490 e. The van der Waals surface area contributed by atoms with Gasteiger partial charge >= 0.3 is 12.1 Å². The number of carbonyl (C=O) groups excluding carboxylic acids is 6. The Bertz CT molecular complexity index is 1830. The molecule has 1 aromatic heterocycles. The number of imide groups is 2. The Morgan fingerprint density at radius 3 is 2.44 bits per heavy atom. The first-order valence-corrected chi connectivity index (χ1v) is 16.3. The van der Waals surface area contributed by atoms with Crippen LogP contribution in [0.4, 0.5) is 18.9 Å². The summed E-state index contributed by atoms with van der Waals surface area (Å²) in [4.78, 5) is 89.5. The van der Waals surface area contributed by atoms with Crippen LogP contribution < -0.4 is 16.0 Å². The Balaban J connectivity index is 0.000000785. The van der Waals surface area contributed by atoms with E-state index in [1.165, 1.54) is 18.0 Å². The molecule has 3 aliphatic heterocycles. The van der Waals surface area contributed by atoms with Crippen molar-refractivity contribution in [3.63, 3.8) is 0 Å². The zero-order valence-corrected chi connectivity index (χ0v) is 28.9. The normalized spacial score (nSPS) is 17.5. The molecule has 2 unspecified atom stereocenters. The third kappa shape index (κ3) is 8.25. The summed E-state index contributed by atoms with van der Waals surface area (Å²) in [5.74, 6) is -5.69. The number of amides is 6. The molecule has 2 aromatic rings. The number of anilines is 1. The van der Waals surface area contributed by atoms with Gasteiger partial charge in [-0.05, 0) is 38.5 Å². The zero-order valence-electron chi connectivity index (χ0n) is 28.1. The second kappa shape index (κ2) is 16.4. The maximum absolute atomic E-state index is 13.9. The zero-order chi connectivity index (χ0) is 38.5. The van der Waals surface area contributed by atoms with E-state index in [-0.39, 0.29) is 56.2 Å². The number of fused-ring (bicyclic) bond motifs is 1. The van der Waals surface area contributed by atoms with Gasteiger partial charge in [0.25, 0.3) is 17.7 Å². The number of piperidine rings is 1. The van der Waals surface area contributed by atoms with Gasteiger partial charge in [-0.25, -0.2) is 4.79 Å². The lowest BCUT2D eigenvalue weighted by molar-refractivity contribution is -0.192. The first kappa shape index (κ1) is 39.5. The Hall–Kier alpha value is -5.30. The minimum atomic E-state index is -5.08. The lowest BCUT2D eigenvalue weighted by Crippen LogP contribution is -2.54. The number of carboxylic acids is 1. The fourth-order valence-corrected chi connectivity index (χ4v) is 6.17. The summed E-state index contributed by atoms with van der Waals surface area (Å²) in [5.41, 5.74) is 2.80. The molecule has 1 aromatic carbocycles. The molecule has 0 bridgehead atoms. The molecule has 1 fully saturated rings. The lowest BCUT2D eigenvalue weighted by atomic mass is 10.0. The van der Waals surface area contributed by atoms with Gasteiger partial charge in [-0.15, -0.1) is 11.6 Å². The molecule has 0 spiro atoms. The van der Waals surface area contributed by atoms with Crippen LogP contribution in [0.15, 0.2) is 29.8 Å². The van der Waals surface area contributed by atoms with E-state index in [0.717, 1.165) is 4.90 Å². The van der Waals surface area contributed by atoms with Crippen molar-refractivity contribution in [2.24, 2.45) is 0 Å². The molecule has 280 valence electrons. The van der Waals surface area contributed by atoms with Gasteiger partial charge in [0.2, 0.25) is 17.7 Å². The van der Waals surface area contributed by atoms with Gasteiger partial charge in [0.15, 0.2) is 0 Å². The average molecular weight is 754 g/mol. The van der Waals surface area contributed by atoms with Gasteiger partial charge in [-0.1, -0.05) is 6.07 Å². The van der Waals surface area contributed by atoms with E-state index in [1.54, 1.807) is 29.8 Å². The highest BCUT2D eigenvalue weighted by Gasteiger charge is 2.46. The van der Waals surface area contributed by atoms with Crippen LogP contribution in [0.3, 0.4) is 0 Å². The van der Waals surface area contributed by atoms with Gasteiger partial charge in [-0.2, -0.15) is 18.3 Å². The van der Waals surface area contributed by atoms with E-state index < -0.39 is 53.8 Å². The topological polar surface area (TPSA) is 209 Å². The third-order valence-electron chi connectivity index (χ3n) is 8.43. The predicted molar refractivity (Wildman–Crippen MR) is 175 cm³/mol. The highest BCUT2D eigenvalue weighted by molar-refractivity contribution is 6.25. The van der Waals surface area contributed by atoms with Gasteiger partial charge < -0.3 is 25.4 Å². The number of carboxylic acid groups (broad SMARTS) is 1. The van der Waals surface area contributed by atoms with Gasteiger partial charge in [0.1, 0.15) is 12.1 Å². The highest BCUT2D eigenvalue weighted by atomic mass is 35.5.